The van der Waals surface area contributed by atoms with Gasteiger partial charge in [0.1, 0.15) is 0 Å². The predicted octanol–water partition coefficient (Wildman–Crippen LogP) is 16.7. The molecular weight excluding hydrogens is 767 g/mol. The standard InChI is InChI=1S/C56H107NO5/c1-3-5-7-9-11-13-15-16-17-19-23-26-30-34-38-42-46-50-56(61)62-51-47-43-39-35-31-27-24-21-18-20-22-25-29-33-37-41-45-49-55(60)57-53(52-58)54(59)48-44-40-36-32-28-14-12-10-8-6-4-2/h16-18,21,53-54,58-59H,3-15,19-20,22-52H2,1-2H3,(H,57,60)/b17-16-,21-18-. The number of ether oxygens (including phenoxy) is 1. The Morgan fingerprint density at radius 1 is 0.435 bits per heavy atom. The summed E-state index contributed by atoms with van der Waals surface area (Å²) in [5.74, 6) is -0.0533. The zero-order chi connectivity index (χ0) is 45.1. The molecule has 0 saturated carbocycles. The summed E-state index contributed by atoms with van der Waals surface area (Å²) in [5.41, 5.74) is 0. The van der Waals surface area contributed by atoms with Crippen molar-refractivity contribution in [1.29, 1.82) is 0 Å². The van der Waals surface area contributed by atoms with Crippen molar-refractivity contribution in [2.24, 2.45) is 0 Å². The van der Waals surface area contributed by atoms with E-state index in [2.05, 4.69) is 43.5 Å². The van der Waals surface area contributed by atoms with Crippen LogP contribution in [0.4, 0.5) is 0 Å². The second-order valence-electron chi connectivity index (χ2n) is 18.9. The molecule has 0 aromatic rings. The van der Waals surface area contributed by atoms with Gasteiger partial charge in [-0.2, -0.15) is 0 Å². The molecule has 0 aliphatic carbocycles. The molecule has 0 spiro atoms. The number of aliphatic hydroxyl groups excluding tert-OH is 2. The second kappa shape index (κ2) is 52.0. The Labute approximate surface area is 386 Å². The van der Waals surface area contributed by atoms with E-state index in [1.807, 2.05) is 0 Å². The van der Waals surface area contributed by atoms with Crippen LogP contribution in [-0.4, -0.2) is 47.4 Å². The summed E-state index contributed by atoms with van der Waals surface area (Å²) in [4.78, 5) is 24.5. The van der Waals surface area contributed by atoms with E-state index in [9.17, 15) is 19.8 Å². The molecule has 2 atom stereocenters. The van der Waals surface area contributed by atoms with Gasteiger partial charge in [0.25, 0.3) is 0 Å². The molecule has 0 aliphatic heterocycles. The van der Waals surface area contributed by atoms with E-state index in [-0.39, 0.29) is 18.5 Å². The Hall–Kier alpha value is -1.66. The van der Waals surface area contributed by atoms with Gasteiger partial charge < -0.3 is 20.3 Å². The van der Waals surface area contributed by atoms with E-state index >= 15 is 0 Å². The minimum absolute atomic E-state index is 0.00527. The number of nitrogens with one attached hydrogen (secondary N) is 1. The van der Waals surface area contributed by atoms with Gasteiger partial charge in [-0.25, -0.2) is 0 Å². The van der Waals surface area contributed by atoms with Crippen molar-refractivity contribution in [3.63, 3.8) is 0 Å². The molecule has 0 aliphatic rings. The number of esters is 1. The number of allylic oxidation sites excluding steroid dienone is 4. The quantitative estimate of drug-likeness (QED) is 0.0321. The lowest BCUT2D eigenvalue weighted by Crippen LogP contribution is -2.45. The van der Waals surface area contributed by atoms with Crippen LogP contribution < -0.4 is 5.32 Å². The summed E-state index contributed by atoms with van der Waals surface area (Å²) in [6, 6.07) is -0.549. The highest BCUT2D eigenvalue weighted by Crippen LogP contribution is 2.16. The Bertz CT molecular complexity index is 966. The van der Waals surface area contributed by atoms with Crippen molar-refractivity contribution in [3.05, 3.63) is 24.3 Å². The topological polar surface area (TPSA) is 95.9 Å². The molecule has 6 nitrogen and oxygen atoms in total. The van der Waals surface area contributed by atoms with Crippen LogP contribution in [0.5, 0.6) is 0 Å². The fraction of sp³-hybridized carbons (Fsp3) is 0.893. The fourth-order valence-electron chi connectivity index (χ4n) is 8.45. The van der Waals surface area contributed by atoms with Crippen molar-refractivity contribution in [2.75, 3.05) is 13.2 Å². The van der Waals surface area contributed by atoms with Crippen LogP contribution in [0.1, 0.15) is 296 Å². The summed E-state index contributed by atoms with van der Waals surface area (Å²) in [6.45, 7) is 4.92. The van der Waals surface area contributed by atoms with Crippen LogP contribution in [0, 0.1) is 0 Å². The molecule has 366 valence electrons. The molecule has 0 aromatic carbocycles. The van der Waals surface area contributed by atoms with Gasteiger partial charge in [0.15, 0.2) is 0 Å². The van der Waals surface area contributed by atoms with Crippen LogP contribution in [-0.2, 0) is 14.3 Å². The lowest BCUT2D eigenvalue weighted by atomic mass is 10.0. The highest BCUT2D eigenvalue weighted by Gasteiger charge is 2.20. The largest absolute Gasteiger partial charge is 0.466 e. The first-order valence-electron chi connectivity index (χ1n) is 27.6. The van der Waals surface area contributed by atoms with Gasteiger partial charge in [0, 0.05) is 12.8 Å². The minimum Gasteiger partial charge on any atom is -0.466 e. The van der Waals surface area contributed by atoms with Crippen molar-refractivity contribution in [1.82, 2.24) is 5.32 Å². The van der Waals surface area contributed by atoms with E-state index < -0.39 is 12.1 Å². The van der Waals surface area contributed by atoms with Crippen molar-refractivity contribution in [2.45, 2.75) is 309 Å². The number of unbranched alkanes of at least 4 members (excludes halogenated alkanes) is 36. The average molecular weight is 874 g/mol. The molecule has 0 aromatic heterocycles. The van der Waals surface area contributed by atoms with Gasteiger partial charge in [0.2, 0.25) is 5.91 Å². The van der Waals surface area contributed by atoms with Crippen LogP contribution >= 0.6 is 0 Å². The number of hydrogen-bond acceptors (Lipinski definition) is 5. The lowest BCUT2D eigenvalue weighted by molar-refractivity contribution is -0.143. The van der Waals surface area contributed by atoms with E-state index in [1.54, 1.807) is 0 Å². The Morgan fingerprint density at radius 2 is 0.758 bits per heavy atom. The smallest absolute Gasteiger partial charge is 0.305 e. The lowest BCUT2D eigenvalue weighted by Gasteiger charge is -2.22. The maximum absolute atomic E-state index is 12.4. The monoisotopic (exact) mass is 874 g/mol. The molecule has 2 unspecified atom stereocenters. The summed E-state index contributed by atoms with van der Waals surface area (Å²) >= 11 is 0. The number of rotatable bonds is 51. The van der Waals surface area contributed by atoms with Gasteiger partial charge in [0.05, 0.1) is 25.4 Å². The Balaban J connectivity index is 3.43. The highest BCUT2D eigenvalue weighted by atomic mass is 16.5. The maximum atomic E-state index is 12.4. The van der Waals surface area contributed by atoms with Gasteiger partial charge in [-0.15, -0.1) is 0 Å². The normalized spacial score (nSPS) is 12.8. The molecule has 62 heavy (non-hydrogen) atoms. The molecule has 0 rings (SSSR count). The van der Waals surface area contributed by atoms with E-state index in [4.69, 9.17) is 4.74 Å². The highest BCUT2D eigenvalue weighted by molar-refractivity contribution is 5.76. The molecule has 0 radical (unpaired) electrons. The Kier molecular flexibility index (Phi) is 50.6. The number of aliphatic hydroxyl groups is 2. The van der Waals surface area contributed by atoms with E-state index in [0.717, 1.165) is 57.8 Å². The number of carbonyl (C=O) groups excluding carboxylic acids is 2. The third kappa shape index (κ3) is 47.8. The Morgan fingerprint density at radius 3 is 1.15 bits per heavy atom. The van der Waals surface area contributed by atoms with Crippen LogP contribution in [0.3, 0.4) is 0 Å². The average Bonchev–Trinajstić information content (AvgIpc) is 3.27. The number of hydrogen-bond donors (Lipinski definition) is 3. The fourth-order valence-corrected chi connectivity index (χ4v) is 8.45. The molecule has 3 N–H and O–H groups in total. The molecule has 6 heteroatoms. The molecule has 0 heterocycles. The zero-order valence-corrected chi connectivity index (χ0v) is 41.6. The number of carbonyl (C=O) groups is 2. The first-order chi connectivity index (χ1) is 30.5. The number of amides is 1. The third-order valence-electron chi connectivity index (χ3n) is 12.7. The molecule has 0 saturated heterocycles. The van der Waals surface area contributed by atoms with Crippen LogP contribution in [0.15, 0.2) is 24.3 Å². The van der Waals surface area contributed by atoms with Gasteiger partial charge >= 0.3 is 5.97 Å². The van der Waals surface area contributed by atoms with Gasteiger partial charge in [-0.3, -0.25) is 9.59 Å². The van der Waals surface area contributed by atoms with E-state index in [0.29, 0.717) is 25.9 Å². The third-order valence-corrected chi connectivity index (χ3v) is 12.7. The summed E-state index contributed by atoms with van der Waals surface area (Å²) in [5, 5.41) is 23.1. The van der Waals surface area contributed by atoms with Crippen LogP contribution in [0.25, 0.3) is 0 Å². The second-order valence-corrected chi connectivity index (χ2v) is 18.9. The SMILES string of the molecule is CCCCCCCC/C=C\CCCCCCCCCC(=O)OCCCCCCCC/C=C\CCCCCCCCCC(=O)NC(CO)C(O)CCCCCCCCCCCCC. The van der Waals surface area contributed by atoms with Gasteiger partial charge in [-0.05, 0) is 77.0 Å². The van der Waals surface area contributed by atoms with Crippen LogP contribution in [0.2, 0.25) is 0 Å². The van der Waals surface area contributed by atoms with Crippen molar-refractivity contribution < 1.29 is 24.5 Å². The first-order valence-corrected chi connectivity index (χ1v) is 27.6. The van der Waals surface area contributed by atoms with E-state index in [1.165, 1.54) is 205 Å². The summed E-state index contributed by atoms with van der Waals surface area (Å²) in [7, 11) is 0. The molecule has 1 amide bonds. The first kappa shape index (κ1) is 60.3. The summed E-state index contributed by atoms with van der Waals surface area (Å²) < 4.78 is 5.47. The molecule has 0 bridgehead atoms. The van der Waals surface area contributed by atoms with Crippen molar-refractivity contribution in [3.8, 4) is 0 Å². The van der Waals surface area contributed by atoms with Gasteiger partial charge in [-0.1, -0.05) is 231 Å². The molecular formula is C56H107NO5. The predicted molar refractivity (Wildman–Crippen MR) is 269 cm³/mol. The van der Waals surface area contributed by atoms with Crippen molar-refractivity contribution >= 4 is 11.9 Å². The minimum atomic E-state index is -0.670. The summed E-state index contributed by atoms with van der Waals surface area (Å²) in [6.07, 6.45) is 61.6. The zero-order valence-electron chi connectivity index (χ0n) is 41.6. The maximum Gasteiger partial charge on any atom is 0.305 e. The molecule has 0 fully saturated rings.